The molecule has 2 aromatic carbocycles. The van der Waals surface area contributed by atoms with Gasteiger partial charge < -0.3 is 9.47 Å². The topological polar surface area (TPSA) is 83.4 Å². The summed E-state index contributed by atoms with van der Waals surface area (Å²) in [6, 6.07) is 15.2. The summed E-state index contributed by atoms with van der Waals surface area (Å²) in [7, 11) is 1.86. The SMILES string of the molecule is Cn1cc(C(=O)NNC(=O)CCN2C(=O)CSc3ccccc32)c2ccccc21. The number of rotatable bonds is 4. The zero-order valence-corrected chi connectivity index (χ0v) is 16.7. The van der Waals surface area contributed by atoms with Crippen LogP contribution in [0.25, 0.3) is 10.9 Å². The molecule has 0 bridgehead atoms. The first-order valence-electron chi connectivity index (χ1n) is 9.20. The van der Waals surface area contributed by atoms with Crippen LogP contribution in [0.5, 0.6) is 0 Å². The lowest BCUT2D eigenvalue weighted by Gasteiger charge is -2.28. The lowest BCUT2D eigenvalue weighted by molar-refractivity contribution is -0.121. The van der Waals surface area contributed by atoms with Crippen molar-refractivity contribution in [2.45, 2.75) is 11.3 Å². The Balaban J connectivity index is 1.36. The first-order chi connectivity index (χ1) is 14.0. The number of carbonyl (C=O) groups is 3. The third kappa shape index (κ3) is 3.84. The first kappa shape index (κ1) is 19.1. The van der Waals surface area contributed by atoms with E-state index in [0.717, 1.165) is 21.5 Å². The molecule has 148 valence electrons. The third-order valence-corrected chi connectivity index (χ3v) is 5.88. The molecule has 1 aliphatic heterocycles. The summed E-state index contributed by atoms with van der Waals surface area (Å²) in [5.41, 5.74) is 7.15. The molecule has 0 saturated heterocycles. The van der Waals surface area contributed by atoms with Crippen molar-refractivity contribution in [1.82, 2.24) is 15.4 Å². The molecule has 0 spiro atoms. The molecule has 0 fully saturated rings. The van der Waals surface area contributed by atoms with Crippen molar-refractivity contribution in [2.24, 2.45) is 7.05 Å². The normalized spacial score (nSPS) is 13.3. The van der Waals surface area contributed by atoms with Gasteiger partial charge in [-0.2, -0.15) is 0 Å². The van der Waals surface area contributed by atoms with Gasteiger partial charge >= 0.3 is 0 Å². The van der Waals surface area contributed by atoms with Crippen molar-refractivity contribution < 1.29 is 14.4 Å². The average molecular weight is 408 g/mol. The van der Waals surface area contributed by atoms with Gasteiger partial charge in [0.25, 0.3) is 5.91 Å². The van der Waals surface area contributed by atoms with Gasteiger partial charge in [0.1, 0.15) is 0 Å². The molecule has 0 unspecified atom stereocenters. The minimum atomic E-state index is -0.383. The number of fused-ring (bicyclic) bond motifs is 2. The fraction of sp³-hybridized carbons (Fsp3) is 0.190. The van der Waals surface area contributed by atoms with Crippen LogP contribution < -0.4 is 15.8 Å². The maximum Gasteiger partial charge on any atom is 0.271 e. The summed E-state index contributed by atoms with van der Waals surface area (Å²) in [6.07, 6.45) is 1.81. The van der Waals surface area contributed by atoms with Crippen molar-refractivity contribution >= 4 is 46.1 Å². The highest BCUT2D eigenvalue weighted by atomic mass is 32.2. The second kappa shape index (κ2) is 8.00. The van der Waals surface area contributed by atoms with Gasteiger partial charge in [-0.3, -0.25) is 25.2 Å². The molecule has 3 amide bonds. The Hall–Kier alpha value is -3.26. The van der Waals surface area contributed by atoms with Crippen molar-refractivity contribution in [3.63, 3.8) is 0 Å². The molecule has 3 aromatic rings. The maximum absolute atomic E-state index is 12.5. The number of para-hydroxylation sites is 2. The van der Waals surface area contributed by atoms with Crippen LogP contribution in [0, 0.1) is 0 Å². The molecule has 4 rings (SSSR count). The lowest BCUT2D eigenvalue weighted by Crippen LogP contribution is -2.44. The molecule has 1 aromatic heterocycles. The zero-order valence-electron chi connectivity index (χ0n) is 15.8. The summed E-state index contributed by atoms with van der Waals surface area (Å²) < 4.78 is 1.86. The van der Waals surface area contributed by atoms with Gasteiger partial charge in [0.2, 0.25) is 11.8 Å². The third-order valence-electron chi connectivity index (χ3n) is 4.83. The molecule has 8 heteroatoms. The minimum absolute atomic E-state index is 0.0266. The van der Waals surface area contributed by atoms with Crippen molar-refractivity contribution in [2.75, 3.05) is 17.2 Å². The van der Waals surface area contributed by atoms with Crippen molar-refractivity contribution in [1.29, 1.82) is 0 Å². The number of thioether (sulfide) groups is 1. The summed E-state index contributed by atoms with van der Waals surface area (Å²) in [5, 5.41) is 0.815. The molecule has 0 radical (unpaired) electrons. The van der Waals surface area contributed by atoms with E-state index in [1.165, 1.54) is 11.8 Å². The molecular formula is C21H20N4O3S. The Labute approximate surface area is 172 Å². The number of nitrogens with one attached hydrogen (secondary N) is 2. The van der Waals surface area contributed by atoms with E-state index in [1.54, 1.807) is 11.1 Å². The molecule has 0 atom stereocenters. The number of benzene rings is 2. The fourth-order valence-electron chi connectivity index (χ4n) is 3.39. The van der Waals surface area contributed by atoms with Gasteiger partial charge in [-0.05, 0) is 18.2 Å². The highest BCUT2D eigenvalue weighted by molar-refractivity contribution is 8.00. The van der Waals surface area contributed by atoms with E-state index in [4.69, 9.17) is 0 Å². The first-order valence-corrected chi connectivity index (χ1v) is 10.2. The number of hydrazine groups is 1. The molecule has 0 aliphatic carbocycles. The Bertz CT molecular complexity index is 1110. The number of aryl methyl sites for hydroxylation is 1. The number of nitrogens with zero attached hydrogens (tertiary/aromatic N) is 2. The number of hydrogen-bond donors (Lipinski definition) is 2. The van der Waals surface area contributed by atoms with E-state index < -0.39 is 0 Å². The van der Waals surface area contributed by atoms with E-state index in [0.29, 0.717) is 11.3 Å². The van der Waals surface area contributed by atoms with Crippen LogP contribution in [0.1, 0.15) is 16.8 Å². The molecule has 29 heavy (non-hydrogen) atoms. The monoisotopic (exact) mass is 408 g/mol. The Kier molecular flexibility index (Phi) is 5.26. The van der Waals surface area contributed by atoms with Gasteiger partial charge in [-0.15, -0.1) is 11.8 Å². The van der Waals surface area contributed by atoms with E-state index in [2.05, 4.69) is 10.9 Å². The van der Waals surface area contributed by atoms with E-state index >= 15 is 0 Å². The Morgan fingerprint density at radius 2 is 1.83 bits per heavy atom. The summed E-state index contributed by atoms with van der Waals surface area (Å²) in [4.78, 5) is 39.6. The summed E-state index contributed by atoms with van der Waals surface area (Å²) in [5.74, 6) is -0.412. The molecule has 7 nitrogen and oxygen atoms in total. The predicted molar refractivity (Wildman–Crippen MR) is 113 cm³/mol. The number of aromatic nitrogens is 1. The van der Waals surface area contributed by atoms with E-state index in [-0.39, 0.29) is 30.7 Å². The number of hydrogen-bond acceptors (Lipinski definition) is 4. The van der Waals surface area contributed by atoms with Crippen LogP contribution in [-0.4, -0.2) is 34.6 Å². The zero-order chi connectivity index (χ0) is 20.4. The van der Waals surface area contributed by atoms with Crippen molar-refractivity contribution in [3.05, 3.63) is 60.3 Å². The summed E-state index contributed by atoms with van der Waals surface area (Å²) in [6.45, 7) is 0.256. The quantitative estimate of drug-likeness (QED) is 0.650. The van der Waals surface area contributed by atoms with Crippen LogP contribution in [0.2, 0.25) is 0 Å². The van der Waals surface area contributed by atoms with Crippen molar-refractivity contribution in [3.8, 4) is 0 Å². The highest BCUT2D eigenvalue weighted by Crippen LogP contribution is 2.34. The van der Waals surface area contributed by atoms with Crippen LogP contribution in [-0.2, 0) is 16.6 Å². The van der Waals surface area contributed by atoms with Crippen LogP contribution in [0.3, 0.4) is 0 Å². The molecule has 2 heterocycles. The van der Waals surface area contributed by atoms with Gasteiger partial charge in [-0.25, -0.2) is 0 Å². The molecular weight excluding hydrogens is 388 g/mol. The Morgan fingerprint density at radius 1 is 1.07 bits per heavy atom. The minimum Gasteiger partial charge on any atom is -0.350 e. The second-order valence-corrected chi connectivity index (χ2v) is 7.74. The average Bonchev–Trinajstić information content (AvgIpc) is 3.08. The van der Waals surface area contributed by atoms with E-state index in [9.17, 15) is 14.4 Å². The molecule has 2 N–H and O–H groups in total. The summed E-state index contributed by atoms with van der Waals surface area (Å²) >= 11 is 1.50. The van der Waals surface area contributed by atoms with E-state index in [1.807, 2.05) is 60.1 Å². The maximum atomic E-state index is 12.5. The fourth-order valence-corrected chi connectivity index (χ4v) is 4.33. The standard InChI is InChI=1S/C21H20N4O3S/c1-24-12-15(14-6-2-3-7-16(14)24)21(28)23-22-19(26)10-11-25-17-8-4-5-9-18(17)29-13-20(25)27/h2-9,12H,10-11,13H2,1H3,(H,22,26)(H,23,28). The van der Waals surface area contributed by atoms with Crippen LogP contribution in [0.15, 0.2) is 59.6 Å². The van der Waals surface area contributed by atoms with Gasteiger partial charge in [0.15, 0.2) is 0 Å². The number of amides is 3. The highest BCUT2D eigenvalue weighted by Gasteiger charge is 2.24. The lowest BCUT2D eigenvalue weighted by atomic mass is 10.2. The van der Waals surface area contributed by atoms with Crippen LogP contribution >= 0.6 is 11.8 Å². The second-order valence-electron chi connectivity index (χ2n) is 6.72. The number of carbonyl (C=O) groups excluding carboxylic acids is 3. The van der Waals surface area contributed by atoms with Gasteiger partial charge in [0.05, 0.1) is 17.0 Å². The smallest absolute Gasteiger partial charge is 0.271 e. The number of anilines is 1. The van der Waals surface area contributed by atoms with Gasteiger partial charge in [0, 0.05) is 42.0 Å². The Morgan fingerprint density at radius 3 is 2.69 bits per heavy atom. The largest absolute Gasteiger partial charge is 0.350 e. The molecule has 1 aliphatic rings. The van der Waals surface area contributed by atoms with Gasteiger partial charge in [-0.1, -0.05) is 30.3 Å². The van der Waals surface area contributed by atoms with Crippen LogP contribution in [0.4, 0.5) is 5.69 Å². The predicted octanol–water partition coefficient (Wildman–Crippen LogP) is 2.47. The molecule has 0 saturated carbocycles.